The quantitative estimate of drug-likeness (QED) is 0.540. The van der Waals surface area contributed by atoms with Gasteiger partial charge in [-0.3, -0.25) is 28.8 Å². The van der Waals surface area contributed by atoms with Crippen molar-refractivity contribution in [2.24, 2.45) is 11.7 Å². The number of carbonyl (C=O) groups excluding carboxylic acids is 2. The average Bonchev–Trinajstić information content (AvgIpc) is 2.65. The van der Waals surface area contributed by atoms with Gasteiger partial charge in [-0.15, -0.1) is 0 Å². The van der Waals surface area contributed by atoms with Gasteiger partial charge in [-0.1, -0.05) is 13.3 Å². The van der Waals surface area contributed by atoms with Gasteiger partial charge in [0.1, 0.15) is 5.82 Å². The van der Waals surface area contributed by atoms with E-state index >= 15 is 0 Å². The number of rotatable bonds is 8. The first-order valence-corrected chi connectivity index (χ1v) is 9.74. The Balaban J connectivity index is 2.20. The Morgan fingerprint density at radius 3 is 2.39 bits per heavy atom. The molecule has 2 rings (SSSR count). The number of aromatic amines is 1. The van der Waals surface area contributed by atoms with Gasteiger partial charge in [-0.2, -0.15) is 0 Å². The zero-order valence-corrected chi connectivity index (χ0v) is 16.6. The largest absolute Gasteiger partial charge is 0.383 e. The van der Waals surface area contributed by atoms with Crippen molar-refractivity contribution in [3.05, 3.63) is 20.8 Å². The molecule has 1 aliphatic heterocycles. The number of amides is 2. The topological polar surface area (TPSA) is 148 Å². The van der Waals surface area contributed by atoms with Crippen molar-refractivity contribution in [3.8, 4) is 0 Å². The third kappa shape index (κ3) is 4.80. The van der Waals surface area contributed by atoms with Gasteiger partial charge in [0.05, 0.1) is 6.54 Å². The average molecular weight is 394 g/mol. The predicted molar refractivity (Wildman–Crippen MR) is 107 cm³/mol. The van der Waals surface area contributed by atoms with Crippen LogP contribution in [-0.2, 0) is 16.1 Å². The fourth-order valence-corrected chi connectivity index (χ4v) is 3.49. The number of anilines is 2. The second-order valence-corrected chi connectivity index (χ2v) is 7.09. The van der Waals surface area contributed by atoms with Crippen LogP contribution in [0.1, 0.15) is 39.5 Å². The summed E-state index contributed by atoms with van der Waals surface area (Å²) in [5.74, 6) is -0.744. The molecule has 1 saturated heterocycles. The van der Waals surface area contributed by atoms with E-state index in [0.29, 0.717) is 32.5 Å². The van der Waals surface area contributed by atoms with Gasteiger partial charge in [0, 0.05) is 19.0 Å². The minimum atomic E-state index is -0.669. The zero-order valence-electron chi connectivity index (χ0n) is 16.6. The van der Waals surface area contributed by atoms with Crippen LogP contribution in [0.4, 0.5) is 11.5 Å². The summed E-state index contributed by atoms with van der Waals surface area (Å²) in [6, 6.07) is 0. The lowest BCUT2D eigenvalue weighted by molar-refractivity contribution is -0.123. The van der Waals surface area contributed by atoms with Crippen LogP contribution >= 0.6 is 0 Å². The summed E-state index contributed by atoms with van der Waals surface area (Å²) in [6.07, 6.45) is 2.81. The number of likely N-dealkylation sites (tertiary alicyclic amines) is 1. The van der Waals surface area contributed by atoms with Gasteiger partial charge in [0.2, 0.25) is 11.8 Å². The molecule has 0 aromatic carbocycles. The maximum absolute atomic E-state index is 12.9. The number of nitrogens with zero attached hydrogens (tertiary/aromatic N) is 3. The molecule has 0 radical (unpaired) electrons. The Hall–Kier alpha value is -2.62. The lowest BCUT2D eigenvalue weighted by Gasteiger charge is -2.32. The number of primary amides is 1. The van der Waals surface area contributed by atoms with E-state index in [9.17, 15) is 19.2 Å². The normalized spacial score (nSPS) is 15.5. The van der Waals surface area contributed by atoms with E-state index in [0.717, 1.165) is 12.8 Å². The van der Waals surface area contributed by atoms with Crippen molar-refractivity contribution in [1.29, 1.82) is 0 Å². The minimum absolute atomic E-state index is 0.00448. The molecule has 0 bridgehead atoms. The molecule has 2 amide bonds. The SMILES string of the molecule is CCCCn1c(N)c(N(CC)C(=O)CN2CCC(C(N)=O)CC2)c(=O)[nH]c1=O. The molecule has 28 heavy (non-hydrogen) atoms. The lowest BCUT2D eigenvalue weighted by Crippen LogP contribution is -2.47. The Labute approximate surface area is 163 Å². The van der Waals surface area contributed by atoms with Crippen LogP contribution in [0.25, 0.3) is 0 Å². The third-order valence-corrected chi connectivity index (χ3v) is 5.19. The van der Waals surface area contributed by atoms with Gasteiger partial charge < -0.3 is 16.4 Å². The van der Waals surface area contributed by atoms with Crippen molar-refractivity contribution in [1.82, 2.24) is 14.5 Å². The first-order valence-electron chi connectivity index (χ1n) is 9.74. The Morgan fingerprint density at radius 1 is 1.21 bits per heavy atom. The summed E-state index contributed by atoms with van der Waals surface area (Å²) in [5, 5.41) is 0. The predicted octanol–water partition coefficient (Wildman–Crippen LogP) is -0.531. The number of carbonyl (C=O) groups is 2. The molecule has 2 heterocycles. The molecular weight excluding hydrogens is 364 g/mol. The number of nitrogens with two attached hydrogens (primary N) is 2. The highest BCUT2D eigenvalue weighted by molar-refractivity contribution is 5.96. The zero-order chi connectivity index (χ0) is 20.8. The fraction of sp³-hybridized carbons (Fsp3) is 0.667. The van der Waals surface area contributed by atoms with Crippen LogP contribution in [0.15, 0.2) is 9.59 Å². The van der Waals surface area contributed by atoms with E-state index in [1.54, 1.807) is 6.92 Å². The molecule has 1 aromatic rings. The van der Waals surface area contributed by atoms with E-state index in [4.69, 9.17) is 11.5 Å². The molecule has 5 N–H and O–H groups in total. The monoisotopic (exact) mass is 394 g/mol. The number of nitrogens with one attached hydrogen (secondary N) is 1. The highest BCUT2D eigenvalue weighted by Gasteiger charge is 2.28. The number of likely N-dealkylation sites (N-methyl/N-ethyl adjacent to an activating group) is 1. The molecular formula is C18H30N6O4. The molecule has 1 fully saturated rings. The number of piperidine rings is 1. The summed E-state index contributed by atoms with van der Waals surface area (Å²) >= 11 is 0. The number of hydrogen-bond acceptors (Lipinski definition) is 6. The summed E-state index contributed by atoms with van der Waals surface area (Å²) < 4.78 is 1.30. The van der Waals surface area contributed by atoms with Crippen molar-refractivity contribution in [3.63, 3.8) is 0 Å². The number of aromatic nitrogens is 2. The number of unbranched alkanes of at least 4 members (excludes halogenated alkanes) is 1. The van der Waals surface area contributed by atoms with Crippen LogP contribution in [0.3, 0.4) is 0 Å². The first-order chi connectivity index (χ1) is 13.3. The molecule has 0 unspecified atom stereocenters. The lowest BCUT2D eigenvalue weighted by atomic mass is 9.96. The van der Waals surface area contributed by atoms with Gasteiger partial charge in [-0.05, 0) is 39.3 Å². The summed E-state index contributed by atoms with van der Waals surface area (Å²) in [6.45, 7) is 5.62. The number of hydrogen-bond donors (Lipinski definition) is 3. The molecule has 1 aliphatic rings. The molecule has 10 nitrogen and oxygen atoms in total. The Bertz CT molecular complexity index is 822. The van der Waals surface area contributed by atoms with Gasteiger partial charge in [0.25, 0.3) is 5.56 Å². The van der Waals surface area contributed by atoms with Gasteiger partial charge in [0.15, 0.2) is 5.69 Å². The summed E-state index contributed by atoms with van der Waals surface area (Å²) in [5.41, 5.74) is 10.2. The second-order valence-electron chi connectivity index (χ2n) is 7.09. The van der Waals surface area contributed by atoms with Crippen LogP contribution in [0.2, 0.25) is 0 Å². The molecule has 1 aromatic heterocycles. The van der Waals surface area contributed by atoms with Crippen LogP contribution < -0.4 is 27.6 Å². The van der Waals surface area contributed by atoms with Crippen molar-refractivity contribution >= 4 is 23.3 Å². The second kappa shape index (κ2) is 9.54. The van der Waals surface area contributed by atoms with Gasteiger partial charge >= 0.3 is 5.69 Å². The van der Waals surface area contributed by atoms with Crippen molar-refractivity contribution in [2.75, 3.05) is 36.8 Å². The summed E-state index contributed by atoms with van der Waals surface area (Å²) in [7, 11) is 0. The molecule has 10 heteroatoms. The van der Waals surface area contributed by atoms with Crippen LogP contribution in [0.5, 0.6) is 0 Å². The number of H-pyrrole nitrogens is 1. The molecule has 0 aliphatic carbocycles. The highest BCUT2D eigenvalue weighted by atomic mass is 16.2. The third-order valence-electron chi connectivity index (χ3n) is 5.19. The van der Waals surface area contributed by atoms with Crippen LogP contribution in [0, 0.1) is 5.92 Å². The van der Waals surface area contributed by atoms with E-state index in [2.05, 4.69) is 4.98 Å². The van der Waals surface area contributed by atoms with Gasteiger partial charge in [-0.25, -0.2) is 4.79 Å². The first kappa shape index (κ1) is 21.7. The van der Waals surface area contributed by atoms with E-state index < -0.39 is 11.2 Å². The molecule has 156 valence electrons. The fourth-order valence-electron chi connectivity index (χ4n) is 3.49. The number of nitrogen functional groups attached to an aromatic ring is 1. The highest BCUT2D eigenvalue weighted by Crippen LogP contribution is 2.19. The van der Waals surface area contributed by atoms with E-state index in [1.165, 1.54) is 9.47 Å². The maximum Gasteiger partial charge on any atom is 0.330 e. The standard InChI is InChI=1S/C18H30N6O4/c1-3-5-8-24-15(19)14(17(27)21-18(24)28)23(4-2)13(25)11-22-9-6-12(7-10-22)16(20)26/h12H,3-11,19H2,1-2H3,(H2,20,26)(H,21,27,28). The molecule has 0 atom stereocenters. The summed E-state index contributed by atoms with van der Waals surface area (Å²) in [4.78, 5) is 54.1. The van der Waals surface area contributed by atoms with Crippen LogP contribution in [-0.4, -0.2) is 52.4 Å². The molecule has 0 spiro atoms. The minimum Gasteiger partial charge on any atom is -0.383 e. The van der Waals surface area contributed by atoms with Crippen molar-refractivity contribution < 1.29 is 9.59 Å². The Kier molecular flexibility index (Phi) is 7.38. The molecule has 0 saturated carbocycles. The van der Waals surface area contributed by atoms with E-state index in [1.807, 2.05) is 11.8 Å². The maximum atomic E-state index is 12.9. The van der Waals surface area contributed by atoms with E-state index in [-0.39, 0.29) is 42.3 Å². The smallest absolute Gasteiger partial charge is 0.330 e. The van der Waals surface area contributed by atoms with Crippen molar-refractivity contribution in [2.45, 2.75) is 46.1 Å². The Morgan fingerprint density at radius 2 is 1.86 bits per heavy atom.